The van der Waals surface area contributed by atoms with E-state index in [-0.39, 0.29) is 11.9 Å². The minimum Gasteiger partial charge on any atom is -0.496 e. The van der Waals surface area contributed by atoms with E-state index in [9.17, 15) is 4.39 Å². The molecule has 0 aromatic heterocycles. The molecule has 1 aromatic carbocycles. The van der Waals surface area contributed by atoms with Crippen LogP contribution in [0.2, 0.25) is 0 Å². The normalized spacial score (nSPS) is 19.9. The van der Waals surface area contributed by atoms with Crippen LogP contribution in [-0.4, -0.2) is 44.1 Å². The van der Waals surface area contributed by atoms with E-state index in [1.165, 1.54) is 13.2 Å². The Morgan fingerprint density at radius 3 is 2.76 bits per heavy atom. The van der Waals surface area contributed by atoms with Gasteiger partial charge in [-0.3, -0.25) is 9.89 Å². The number of rotatable bonds is 5. The van der Waals surface area contributed by atoms with Crippen molar-refractivity contribution in [3.05, 3.63) is 23.5 Å². The summed E-state index contributed by atoms with van der Waals surface area (Å²) in [7, 11) is 3.03. The first kappa shape index (κ1) is 15.8. The number of halogens is 1. The van der Waals surface area contributed by atoms with Crippen LogP contribution in [0, 0.1) is 5.82 Å². The zero-order valence-corrected chi connectivity index (χ0v) is 13.1. The topological polar surface area (TPSA) is 34.1 Å². The summed E-state index contributed by atoms with van der Waals surface area (Å²) in [4.78, 5) is 7.09. The molecule has 2 rings (SSSR count). The van der Waals surface area contributed by atoms with Crippen molar-refractivity contribution >= 4 is 5.71 Å². The molecule has 1 fully saturated rings. The molecule has 1 saturated heterocycles. The van der Waals surface area contributed by atoms with E-state index in [1.807, 2.05) is 6.92 Å². The van der Waals surface area contributed by atoms with Gasteiger partial charge in [-0.05, 0) is 38.4 Å². The zero-order chi connectivity index (χ0) is 15.4. The molecular weight excluding hydrogens is 271 g/mol. The molecule has 0 spiro atoms. The molecule has 1 unspecified atom stereocenters. The van der Waals surface area contributed by atoms with Crippen molar-refractivity contribution in [1.29, 1.82) is 0 Å². The summed E-state index contributed by atoms with van der Waals surface area (Å²) in [5, 5.41) is 0. The third kappa shape index (κ3) is 3.18. The third-order valence-corrected chi connectivity index (χ3v) is 3.94. The van der Waals surface area contributed by atoms with E-state index in [0.29, 0.717) is 11.3 Å². The van der Waals surface area contributed by atoms with Crippen molar-refractivity contribution in [3.8, 4) is 11.5 Å². The van der Waals surface area contributed by atoms with Gasteiger partial charge < -0.3 is 9.47 Å². The molecule has 5 heteroatoms. The Labute approximate surface area is 125 Å². The Hall–Kier alpha value is -1.62. The maximum atomic E-state index is 13.9. The van der Waals surface area contributed by atoms with Crippen molar-refractivity contribution in [2.45, 2.75) is 32.9 Å². The second-order valence-electron chi connectivity index (χ2n) is 5.12. The van der Waals surface area contributed by atoms with Crippen LogP contribution in [0.3, 0.4) is 0 Å². The van der Waals surface area contributed by atoms with Crippen LogP contribution in [0.4, 0.5) is 4.39 Å². The van der Waals surface area contributed by atoms with Crippen LogP contribution < -0.4 is 9.47 Å². The zero-order valence-electron chi connectivity index (χ0n) is 13.1. The SMILES string of the molecule is CCN1CCCC1/N=C(\C)c1c(OC)ccc(F)c1OC. The highest BCUT2D eigenvalue weighted by Gasteiger charge is 2.24. The van der Waals surface area contributed by atoms with Gasteiger partial charge in [0, 0.05) is 12.3 Å². The second-order valence-corrected chi connectivity index (χ2v) is 5.12. The summed E-state index contributed by atoms with van der Waals surface area (Å²) in [5.41, 5.74) is 1.34. The van der Waals surface area contributed by atoms with Crippen molar-refractivity contribution in [1.82, 2.24) is 4.90 Å². The molecule has 1 atom stereocenters. The van der Waals surface area contributed by atoms with Gasteiger partial charge in [0.2, 0.25) is 0 Å². The number of nitrogens with zero attached hydrogens (tertiary/aromatic N) is 2. The Kier molecular flexibility index (Phi) is 5.17. The van der Waals surface area contributed by atoms with Gasteiger partial charge in [-0.1, -0.05) is 6.92 Å². The summed E-state index contributed by atoms with van der Waals surface area (Å²) < 4.78 is 24.5. The fraction of sp³-hybridized carbons (Fsp3) is 0.562. The fourth-order valence-corrected chi connectivity index (χ4v) is 2.86. The van der Waals surface area contributed by atoms with Crippen LogP contribution in [0.5, 0.6) is 11.5 Å². The number of hydrogen-bond donors (Lipinski definition) is 0. The Bertz CT molecular complexity index is 531. The minimum atomic E-state index is -0.401. The van der Waals surface area contributed by atoms with Gasteiger partial charge in [-0.15, -0.1) is 0 Å². The predicted molar refractivity (Wildman–Crippen MR) is 82.0 cm³/mol. The van der Waals surface area contributed by atoms with Crippen molar-refractivity contribution in [3.63, 3.8) is 0 Å². The quantitative estimate of drug-likeness (QED) is 0.783. The molecule has 0 radical (unpaired) electrons. The number of aliphatic imine (C=N–C) groups is 1. The molecule has 0 saturated carbocycles. The predicted octanol–water partition coefficient (Wildman–Crippen LogP) is 3.09. The lowest BCUT2D eigenvalue weighted by atomic mass is 10.1. The lowest BCUT2D eigenvalue weighted by molar-refractivity contribution is 0.275. The summed E-state index contributed by atoms with van der Waals surface area (Å²) in [6.45, 7) is 6.05. The van der Waals surface area contributed by atoms with Gasteiger partial charge in [0.05, 0.1) is 19.8 Å². The Morgan fingerprint density at radius 1 is 1.38 bits per heavy atom. The number of likely N-dealkylation sites (tertiary alicyclic amines) is 1. The number of methoxy groups -OCH3 is 2. The van der Waals surface area contributed by atoms with Gasteiger partial charge in [0.1, 0.15) is 11.9 Å². The van der Waals surface area contributed by atoms with E-state index >= 15 is 0 Å². The van der Waals surface area contributed by atoms with Crippen molar-refractivity contribution in [2.24, 2.45) is 4.99 Å². The molecule has 116 valence electrons. The standard InChI is InChI=1S/C16H23FN2O2/c1-5-19-10-6-7-14(19)18-11(2)15-13(20-3)9-8-12(17)16(15)21-4/h8-9,14H,5-7,10H2,1-4H3/b18-11+. The van der Waals surface area contributed by atoms with Gasteiger partial charge in [0.15, 0.2) is 11.6 Å². The first-order valence-electron chi connectivity index (χ1n) is 7.31. The molecule has 0 aliphatic carbocycles. The fourth-order valence-electron chi connectivity index (χ4n) is 2.86. The number of benzene rings is 1. The van der Waals surface area contributed by atoms with Gasteiger partial charge in [-0.2, -0.15) is 0 Å². The van der Waals surface area contributed by atoms with Crippen LogP contribution in [0.1, 0.15) is 32.3 Å². The lowest BCUT2D eigenvalue weighted by Gasteiger charge is -2.21. The van der Waals surface area contributed by atoms with Gasteiger partial charge in [0.25, 0.3) is 0 Å². The lowest BCUT2D eigenvalue weighted by Crippen LogP contribution is -2.28. The van der Waals surface area contributed by atoms with Crippen LogP contribution in [-0.2, 0) is 0 Å². The highest BCUT2D eigenvalue weighted by atomic mass is 19.1. The molecule has 4 nitrogen and oxygen atoms in total. The molecule has 0 amide bonds. The second kappa shape index (κ2) is 6.89. The van der Waals surface area contributed by atoms with Crippen LogP contribution in [0.15, 0.2) is 17.1 Å². The highest BCUT2D eigenvalue weighted by Crippen LogP contribution is 2.32. The summed E-state index contributed by atoms with van der Waals surface area (Å²) in [6, 6.07) is 2.96. The van der Waals surface area contributed by atoms with Gasteiger partial charge in [-0.25, -0.2) is 4.39 Å². The first-order chi connectivity index (χ1) is 10.1. The van der Waals surface area contributed by atoms with E-state index in [4.69, 9.17) is 14.5 Å². The van der Waals surface area contributed by atoms with Crippen LogP contribution in [0.25, 0.3) is 0 Å². The van der Waals surface area contributed by atoms with Crippen LogP contribution >= 0.6 is 0 Å². The largest absolute Gasteiger partial charge is 0.496 e. The van der Waals surface area contributed by atoms with E-state index in [0.717, 1.165) is 31.6 Å². The van der Waals surface area contributed by atoms with E-state index in [1.54, 1.807) is 13.2 Å². The van der Waals surface area contributed by atoms with Gasteiger partial charge >= 0.3 is 0 Å². The molecule has 1 aliphatic rings. The highest BCUT2D eigenvalue weighted by molar-refractivity contribution is 6.03. The summed E-state index contributed by atoms with van der Waals surface area (Å²) >= 11 is 0. The van der Waals surface area contributed by atoms with Crippen molar-refractivity contribution < 1.29 is 13.9 Å². The molecule has 1 heterocycles. The average molecular weight is 294 g/mol. The molecule has 0 N–H and O–H groups in total. The van der Waals surface area contributed by atoms with Crippen molar-refractivity contribution in [2.75, 3.05) is 27.3 Å². The average Bonchev–Trinajstić information content (AvgIpc) is 2.93. The maximum Gasteiger partial charge on any atom is 0.167 e. The Balaban J connectivity index is 2.42. The molecular formula is C16H23FN2O2. The number of hydrogen-bond acceptors (Lipinski definition) is 4. The molecule has 1 aromatic rings. The smallest absolute Gasteiger partial charge is 0.167 e. The summed E-state index contributed by atoms with van der Waals surface area (Å²) in [5.74, 6) is 0.369. The molecule has 1 aliphatic heterocycles. The molecule has 21 heavy (non-hydrogen) atoms. The molecule has 0 bridgehead atoms. The number of ether oxygens (including phenoxy) is 2. The first-order valence-corrected chi connectivity index (χ1v) is 7.31. The Morgan fingerprint density at radius 2 is 2.14 bits per heavy atom. The third-order valence-electron chi connectivity index (χ3n) is 3.94. The van der Waals surface area contributed by atoms with E-state index < -0.39 is 5.82 Å². The van der Waals surface area contributed by atoms with E-state index in [2.05, 4.69) is 11.8 Å². The minimum absolute atomic E-state index is 0.160. The maximum absolute atomic E-state index is 13.9. The monoisotopic (exact) mass is 294 g/mol. The summed E-state index contributed by atoms with van der Waals surface area (Å²) in [6.07, 6.45) is 2.34.